The van der Waals surface area contributed by atoms with Gasteiger partial charge in [0, 0.05) is 31.4 Å². The highest BCUT2D eigenvalue weighted by atomic mass is 16.2. The third-order valence-electron chi connectivity index (χ3n) is 5.30. The molecule has 3 aliphatic rings. The van der Waals surface area contributed by atoms with E-state index in [0.717, 1.165) is 36.4 Å². The molecule has 1 aromatic heterocycles. The van der Waals surface area contributed by atoms with Gasteiger partial charge in [0.25, 0.3) is 5.91 Å². The fraction of sp³-hybridized carbons (Fsp3) is 0.625. The maximum absolute atomic E-state index is 12.5. The lowest BCUT2D eigenvalue weighted by molar-refractivity contribution is -0.135. The number of nitrogens with zero attached hydrogens (tertiary/aromatic N) is 3. The summed E-state index contributed by atoms with van der Waals surface area (Å²) >= 11 is 0. The molecular weight excluding hydrogens is 310 g/mol. The van der Waals surface area contributed by atoms with Crippen LogP contribution >= 0.6 is 0 Å². The number of imidazole rings is 1. The van der Waals surface area contributed by atoms with E-state index in [2.05, 4.69) is 15.6 Å². The van der Waals surface area contributed by atoms with Gasteiger partial charge in [-0.1, -0.05) is 0 Å². The average Bonchev–Trinajstić information content (AvgIpc) is 3.26. The predicted octanol–water partition coefficient (Wildman–Crippen LogP) is 0.0346. The molecule has 1 saturated heterocycles. The molecule has 2 N–H and O–H groups in total. The van der Waals surface area contributed by atoms with E-state index in [1.54, 1.807) is 13.1 Å². The quantitative estimate of drug-likeness (QED) is 0.761. The largest absolute Gasteiger partial charge is 0.350 e. The van der Waals surface area contributed by atoms with Crippen LogP contribution in [0.1, 0.15) is 32.0 Å². The molecule has 8 nitrogen and oxygen atoms in total. The summed E-state index contributed by atoms with van der Waals surface area (Å²) in [6, 6.07) is -0.472. The van der Waals surface area contributed by atoms with E-state index in [9.17, 15) is 14.4 Å². The molecule has 8 heteroatoms. The van der Waals surface area contributed by atoms with Gasteiger partial charge in [-0.15, -0.1) is 0 Å². The second-order valence-electron chi connectivity index (χ2n) is 7.10. The van der Waals surface area contributed by atoms with Gasteiger partial charge >= 0.3 is 6.03 Å². The van der Waals surface area contributed by atoms with E-state index in [1.165, 1.54) is 0 Å². The van der Waals surface area contributed by atoms with Crippen LogP contribution in [0.2, 0.25) is 0 Å². The van der Waals surface area contributed by atoms with Crippen molar-refractivity contribution >= 4 is 17.8 Å². The summed E-state index contributed by atoms with van der Waals surface area (Å²) in [7, 11) is 0. The third kappa shape index (κ3) is 2.46. The number of hydrogen-bond donors (Lipinski definition) is 2. The van der Waals surface area contributed by atoms with Crippen LogP contribution in [-0.4, -0.2) is 50.4 Å². The lowest BCUT2D eigenvalue weighted by atomic mass is 9.96. The molecule has 4 amide bonds. The van der Waals surface area contributed by atoms with Crippen LogP contribution < -0.4 is 10.6 Å². The zero-order chi connectivity index (χ0) is 16.9. The maximum atomic E-state index is 12.5. The molecule has 1 aromatic rings. The normalized spacial score (nSPS) is 29.4. The third-order valence-corrected chi connectivity index (χ3v) is 5.30. The van der Waals surface area contributed by atoms with Gasteiger partial charge in [-0.2, -0.15) is 0 Å². The van der Waals surface area contributed by atoms with Gasteiger partial charge in [-0.25, -0.2) is 9.78 Å². The molecule has 0 bridgehead atoms. The van der Waals surface area contributed by atoms with Crippen molar-refractivity contribution in [3.05, 3.63) is 18.2 Å². The smallest absolute Gasteiger partial charge is 0.325 e. The van der Waals surface area contributed by atoms with Crippen molar-refractivity contribution in [1.82, 2.24) is 25.1 Å². The highest BCUT2D eigenvalue weighted by Gasteiger charge is 2.56. The van der Waals surface area contributed by atoms with Gasteiger partial charge in [0.05, 0.1) is 0 Å². The average molecular weight is 331 g/mol. The summed E-state index contributed by atoms with van der Waals surface area (Å²) < 4.78 is 2.02. The molecule has 0 unspecified atom stereocenters. The fourth-order valence-electron chi connectivity index (χ4n) is 3.70. The van der Waals surface area contributed by atoms with Gasteiger partial charge in [0.2, 0.25) is 5.91 Å². The monoisotopic (exact) mass is 331 g/mol. The Morgan fingerprint density at radius 3 is 2.96 bits per heavy atom. The van der Waals surface area contributed by atoms with Crippen LogP contribution in [0.15, 0.2) is 12.4 Å². The van der Waals surface area contributed by atoms with Crippen LogP contribution in [0, 0.1) is 5.92 Å². The van der Waals surface area contributed by atoms with Crippen molar-refractivity contribution in [2.45, 2.75) is 50.7 Å². The van der Waals surface area contributed by atoms with E-state index >= 15 is 0 Å². The van der Waals surface area contributed by atoms with Crippen molar-refractivity contribution in [2.24, 2.45) is 5.92 Å². The van der Waals surface area contributed by atoms with Crippen molar-refractivity contribution in [3.63, 3.8) is 0 Å². The van der Waals surface area contributed by atoms with Gasteiger partial charge in [-0.3, -0.25) is 14.5 Å². The summed E-state index contributed by atoms with van der Waals surface area (Å²) in [5, 5.41) is 5.68. The van der Waals surface area contributed by atoms with Crippen molar-refractivity contribution in [1.29, 1.82) is 0 Å². The number of aryl methyl sites for hydroxylation is 1. The van der Waals surface area contributed by atoms with E-state index in [1.807, 2.05) is 10.8 Å². The number of carbonyl (C=O) groups excluding carboxylic acids is 3. The number of fused-ring (bicyclic) bond motifs is 1. The van der Waals surface area contributed by atoms with Crippen LogP contribution in [0.4, 0.5) is 4.79 Å². The van der Waals surface area contributed by atoms with E-state index in [0.29, 0.717) is 6.54 Å². The minimum Gasteiger partial charge on any atom is -0.350 e. The second kappa shape index (κ2) is 5.32. The van der Waals surface area contributed by atoms with Crippen LogP contribution in [0.5, 0.6) is 0 Å². The number of nitrogens with one attached hydrogen (secondary N) is 2. The van der Waals surface area contributed by atoms with Gasteiger partial charge in [0.15, 0.2) is 0 Å². The highest BCUT2D eigenvalue weighted by molar-refractivity contribution is 6.09. The Morgan fingerprint density at radius 1 is 1.42 bits per heavy atom. The Bertz CT molecular complexity index is 710. The van der Waals surface area contributed by atoms with Crippen LogP contribution in [-0.2, 0) is 22.6 Å². The fourth-order valence-corrected chi connectivity index (χ4v) is 3.70. The summed E-state index contributed by atoms with van der Waals surface area (Å²) in [5.74, 6) is 0.632. The molecule has 2 aliphatic heterocycles. The van der Waals surface area contributed by atoms with Crippen LogP contribution in [0.3, 0.4) is 0 Å². The van der Waals surface area contributed by atoms with Crippen molar-refractivity contribution in [3.8, 4) is 0 Å². The molecular formula is C16H21N5O3. The maximum Gasteiger partial charge on any atom is 0.325 e. The molecule has 0 aromatic carbocycles. The number of urea groups is 1. The summed E-state index contributed by atoms with van der Waals surface area (Å²) in [6.45, 7) is 2.20. The Hall–Kier alpha value is -2.38. The predicted molar refractivity (Wildman–Crippen MR) is 83.9 cm³/mol. The first-order valence-corrected chi connectivity index (χ1v) is 8.41. The SMILES string of the molecule is C[C@@]1(C2CC2)NC(=O)N(CC(=O)N[C@@H]2CCc3nccn3C2)C1=O. The summed E-state index contributed by atoms with van der Waals surface area (Å²) in [6.07, 6.45) is 7.15. The zero-order valence-corrected chi connectivity index (χ0v) is 13.6. The van der Waals surface area contributed by atoms with E-state index in [4.69, 9.17) is 0 Å². The Kier molecular flexibility index (Phi) is 3.36. The van der Waals surface area contributed by atoms with Crippen molar-refractivity contribution in [2.75, 3.05) is 6.54 Å². The molecule has 1 aliphatic carbocycles. The molecule has 4 rings (SSSR count). The molecule has 0 radical (unpaired) electrons. The van der Waals surface area contributed by atoms with E-state index in [-0.39, 0.29) is 30.3 Å². The van der Waals surface area contributed by atoms with Crippen LogP contribution in [0.25, 0.3) is 0 Å². The standard InChI is InChI=1S/C16H21N5O3/c1-16(10-2-3-10)14(23)21(15(24)19-16)9-13(22)18-11-4-5-12-17-6-7-20(12)8-11/h6-7,10-11H,2-5,8-9H2,1H3,(H,18,22)(H,19,24)/t11-,16+/m1/s1. The number of imide groups is 1. The first kappa shape index (κ1) is 15.2. The number of amides is 4. The number of rotatable bonds is 4. The lowest BCUT2D eigenvalue weighted by Gasteiger charge is -2.25. The van der Waals surface area contributed by atoms with Gasteiger partial charge < -0.3 is 15.2 Å². The Labute approximate surface area is 139 Å². The second-order valence-corrected chi connectivity index (χ2v) is 7.10. The Morgan fingerprint density at radius 2 is 2.21 bits per heavy atom. The molecule has 0 spiro atoms. The number of carbonyl (C=O) groups is 3. The number of hydrogen-bond acceptors (Lipinski definition) is 4. The minimum absolute atomic E-state index is 0.00483. The molecule has 1 saturated carbocycles. The van der Waals surface area contributed by atoms with Crippen molar-refractivity contribution < 1.29 is 14.4 Å². The first-order chi connectivity index (χ1) is 11.5. The molecule has 24 heavy (non-hydrogen) atoms. The zero-order valence-electron chi connectivity index (χ0n) is 13.6. The first-order valence-electron chi connectivity index (χ1n) is 8.41. The van der Waals surface area contributed by atoms with Gasteiger partial charge in [0.1, 0.15) is 17.9 Å². The molecule has 2 fully saturated rings. The van der Waals surface area contributed by atoms with Gasteiger partial charge in [-0.05, 0) is 32.1 Å². The summed E-state index contributed by atoms with van der Waals surface area (Å²) in [5.41, 5.74) is -0.839. The Balaban J connectivity index is 1.36. The molecule has 3 heterocycles. The lowest BCUT2D eigenvalue weighted by Crippen LogP contribution is -2.48. The molecule has 128 valence electrons. The minimum atomic E-state index is -0.839. The number of aromatic nitrogens is 2. The summed E-state index contributed by atoms with van der Waals surface area (Å²) in [4.78, 5) is 42.2. The van der Waals surface area contributed by atoms with E-state index < -0.39 is 11.6 Å². The topological polar surface area (TPSA) is 96.3 Å². The highest BCUT2D eigenvalue weighted by Crippen LogP contribution is 2.42. The molecule has 2 atom stereocenters.